The number of nitrogens with zero attached hydrogens (tertiary/aromatic N) is 2. The molecule has 1 N–H and O–H groups in total. The van der Waals surface area contributed by atoms with Crippen LogP contribution in [0, 0.1) is 6.92 Å². The minimum absolute atomic E-state index is 0.216. The fourth-order valence-corrected chi connectivity index (χ4v) is 2.26. The van der Waals surface area contributed by atoms with E-state index in [0.717, 1.165) is 42.7 Å². The van der Waals surface area contributed by atoms with Crippen LogP contribution in [0.25, 0.3) is 11.0 Å². The number of fused-ring (bicyclic) bond motifs is 1. The van der Waals surface area contributed by atoms with Crippen molar-refractivity contribution in [2.75, 3.05) is 13.1 Å². The van der Waals surface area contributed by atoms with Gasteiger partial charge in [-0.2, -0.15) is 0 Å². The first-order valence-electron chi connectivity index (χ1n) is 6.44. The first-order chi connectivity index (χ1) is 8.83. The third-order valence-corrected chi connectivity index (χ3v) is 3.23. The molecule has 1 fully saturated rings. The molecule has 0 spiro atoms. The molecule has 18 heavy (non-hydrogen) atoms. The highest BCUT2D eigenvalue weighted by Gasteiger charge is 2.16. The molecule has 0 aliphatic carbocycles. The van der Waals surface area contributed by atoms with Gasteiger partial charge in [0.25, 0.3) is 0 Å². The van der Waals surface area contributed by atoms with Gasteiger partial charge in [-0.15, -0.1) is 0 Å². The zero-order valence-corrected chi connectivity index (χ0v) is 10.5. The number of aromatic nitrogens is 2. The molecule has 1 unspecified atom stereocenters. The van der Waals surface area contributed by atoms with Gasteiger partial charge >= 0.3 is 0 Å². The molecule has 94 valence electrons. The van der Waals surface area contributed by atoms with E-state index >= 15 is 0 Å². The highest BCUT2D eigenvalue weighted by molar-refractivity contribution is 5.74. The first-order valence-corrected chi connectivity index (χ1v) is 6.44. The van der Waals surface area contributed by atoms with Gasteiger partial charge in [-0.3, -0.25) is 0 Å². The van der Waals surface area contributed by atoms with Crippen LogP contribution in [0.15, 0.2) is 24.3 Å². The molecule has 1 saturated heterocycles. The summed E-state index contributed by atoms with van der Waals surface area (Å²) in [5.41, 5.74) is 2.67. The standard InChI is InChI=1S/C14H17N3O/c1-10-14(18-11-5-4-8-15-9-11)17-13-7-3-2-6-12(13)16-10/h2-3,6-7,11,15H,4-5,8-9H2,1H3. The number of benzene rings is 1. The lowest BCUT2D eigenvalue weighted by molar-refractivity contribution is 0.159. The van der Waals surface area contributed by atoms with Crippen molar-refractivity contribution in [1.29, 1.82) is 0 Å². The topological polar surface area (TPSA) is 47.0 Å². The van der Waals surface area contributed by atoms with Crippen LogP contribution >= 0.6 is 0 Å². The first kappa shape index (κ1) is 11.4. The van der Waals surface area contributed by atoms with Crippen molar-refractivity contribution in [2.24, 2.45) is 0 Å². The van der Waals surface area contributed by atoms with E-state index in [-0.39, 0.29) is 6.10 Å². The number of para-hydroxylation sites is 2. The van der Waals surface area contributed by atoms with Crippen LogP contribution in [0.4, 0.5) is 0 Å². The van der Waals surface area contributed by atoms with Crippen molar-refractivity contribution in [1.82, 2.24) is 15.3 Å². The van der Waals surface area contributed by atoms with E-state index in [2.05, 4.69) is 15.3 Å². The summed E-state index contributed by atoms with van der Waals surface area (Å²) in [7, 11) is 0. The molecule has 1 aliphatic heterocycles. The molecule has 0 amide bonds. The van der Waals surface area contributed by atoms with Crippen molar-refractivity contribution in [3.05, 3.63) is 30.0 Å². The summed E-state index contributed by atoms with van der Waals surface area (Å²) < 4.78 is 5.96. The van der Waals surface area contributed by atoms with E-state index in [0.29, 0.717) is 5.88 Å². The molecule has 1 aromatic heterocycles. The highest BCUT2D eigenvalue weighted by atomic mass is 16.5. The number of hydrogen-bond acceptors (Lipinski definition) is 4. The summed E-state index contributed by atoms with van der Waals surface area (Å²) >= 11 is 0. The van der Waals surface area contributed by atoms with E-state index in [9.17, 15) is 0 Å². The maximum Gasteiger partial charge on any atom is 0.236 e. The summed E-state index contributed by atoms with van der Waals surface area (Å²) in [6.45, 7) is 3.93. The highest BCUT2D eigenvalue weighted by Crippen LogP contribution is 2.20. The number of hydrogen-bond donors (Lipinski definition) is 1. The van der Waals surface area contributed by atoms with Gasteiger partial charge in [0.1, 0.15) is 11.8 Å². The largest absolute Gasteiger partial charge is 0.472 e. The maximum absolute atomic E-state index is 5.96. The van der Waals surface area contributed by atoms with Crippen LogP contribution in [0.5, 0.6) is 5.88 Å². The molecular weight excluding hydrogens is 226 g/mol. The van der Waals surface area contributed by atoms with Crippen LogP contribution in [0.2, 0.25) is 0 Å². The fourth-order valence-electron chi connectivity index (χ4n) is 2.26. The van der Waals surface area contributed by atoms with Crippen LogP contribution in [-0.2, 0) is 0 Å². The van der Waals surface area contributed by atoms with Gasteiger partial charge in [-0.25, -0.2) is 9.97 Å². The Hall–Kier alpha value is -1.68. The van der Waals surface area contributed by atoms with Crippen LogP contribution in [0.1, 0.15) is 18.5 Å². The lowest BCUT2D eigenvalue weighted by atomic mass is 10.1. The predicted molar refractivity (Wildman–Crippen MR) is 70.8 cm³/mol. The lowest BCUT2D eigenvalue weighted by Gasteiger charge is -2.23. The van der Waals surface area contributed by atoms with Crippen molar-refractivity contribution in [3.8, 4) is 5.88 Å². The van der Waals surface area contributed by atoms with Crippen LogP contribution in [-0.4, -0.2) is 29.2 Å². The SMILES string of the molecule is Cc1nc2ccccc2nc1OC1CCCNC1. The third-order valence-electron chi connectivity index (χ3n) is 3.23. The second kappa shape index (κ2) is 4.90. The third kappa shape index (κ3) is 2.29. The summed E-state index contributed by atoms with van der Waals surface area (Å²) in [5, 5.41) is 3.34. The van der Waals surface area contributed by atoms with Crippen molar-refractivity contribution in [2.45, 2.75) is 25.9 Å². The summed E-state index contributed by atoms with van der Waals surface area (Å²) in [4.78, 5) is 9.09. The zero-order chi connectivity index (χ0) is 12.4. The smallest absolute Gasteiger partial charge is 0.236 e. The lowest BCUT2D eigenvalue weighted by Crippen LogP contribution is -2.37. The number of ether oxygens (including phenoxy) is 1. The van der Waals surface area contributed by atoms with Crippen LogP contribution < -0.4 is 10.1 Å². The summed E-state index contributed by atoms with van der Waals surface area (Å²) in [6, 6.07) is 7.88. The molecule has 1 aromatic carbocycles. The zero-order valence-electron chi connectivity index (χ0n) is 10.5. The molecule has 4 nitrogen and oxygen atoms in total. The summed E-state index contributed by atoms with van der Waals surface area (Å²) in [5.74, 6) is 0.669. The Bertz CT molecular complexity index is 550. The number of aryl methyl sites for hydroxylation is 1. The van der Waals surface area contributed by atoms with E-state index in [1.54, 1.807) is 0 Å². The average Bonchev–Trinajstić information content (AvgIpc) is 2.41. The van der Waals surface area contributed by atoms with Gasteiger partial charge in [0.05, 0.1) is 11.0 Å². The van der Waals surface area contributed by atoms with E-state index in [4.69, 9.17) is 4.74 Å². The molecular formula is C14H17N3O. The minimum atomic E-state index is 0.216. The van der Waals surface area contributed by atoms with Gasteiger partial charge in [0.15, 0.2) is 0 Å². The Morgan fingerprint density at radius 3 is 2.72 bits per heavy atom. The minimum Gasteiger partial charge on any atom is -0.472 e. The Labute approximate surface area is 106 Å². The number of piperidine rings is 1. The van der Waals surface area contributed by atoms with E-state index in [1.165, 1.54) is 0 Å². The maximum atomic E-state index is 5.96. The van der Waals surface area contributed by atoms with Crippen molar-refractivity contribution < 1.29 is 4.74 Å². The molecule has 0 radical (unpaired) electrons. The van der Waals surface area contributed by atoms with Gasteiger partial charge in [0, 0.05) is 6.54 Å². The molecule has 2 heterocycles. The molecule has 0 saturated carbocycles. The normalized spacial score (nSPS) is 19.9. The van der Waals surface area contributed by atoms with Crippen LogP contribution in [0.3, 0.4) is 0 Å². The molecule has 4 heteroatoms. The average molecular weight is 243 g/mol. The predicted octanol–water partition coefficient (Wildman–Crippen LogP) is 2.07. The van der Waals surface area contributed by atoms with Gasteiger partial charge in [-0.05, 0) is 38.4 Å². The Balaban J connectivity index is 1.88. The summed E-state index contributed by atoms with van der Waals surface area (Å²) in [6.07, 6.45) is 2.46. The molecule has 1 atom stereocenters. The van der Waals surface area contributed by atoms with Gasteiger partial charge < -0.3 is 10.1 Å². The molecule has 0 bridgehead atoms. The monoisotopic (exact) mass is 243 g/mol. The Morgan fingerprint density at radius 2 is 2.00 bits per heavy atom. The van der Waals surface area contributed by atoms with E-state index < -0.39 is 0 Å². The van der Waals surface area contributed by atoms with Gasteiger partial charge in [-0.1, -0.05) is 12.1 Å². The van der Waals surface area contributed by atoms with Crippen molar-refractivity contribution in [3.63, 3.8) is 0 Å². The fraction of sp³-hybridized carbons (Fsp3) is 0.429. The molecule has 1 aliphatic rings. The van der Waals surface area contributed by atoms with Gasteiger partial charge in [0.2, 0.25) is 5.88 Å². The number of nitrogens with one attached hydrogen (secondary N) is 1. The molecule has 3 rings (SSSR count). The second-order valence-corrected chi connectivity index (χ2v) is 4.69. The van der Waals surface area contributed by atoms with Crippen molar-refractivity contribution >= 4 is 11.0 Å². The number of rotatable bonds is 2. The van der Waals surface area contributed by atoms with E-state index in [1.807, 2.05) is 31.2 Å². The Kier molecular flexibility index (Phi) is 3.11. The second-order valence-electron chi connectivity index (χ2n) is 4.69. The Morgan fingerprint density at radius 1 is 1.22 bits per heavy atom. The quantitative estimate of drug-likeness (QED) is 0.877. The molecule has 2 aromatic rings.